The second-order valence-electron chi connectivity index (χ2n) is 7.16. The zero-order valence-electron chi connectivity index (χ0n) is 14.5. The first kappa shape index (κ1) is 17.5. The quantitative estimate of drug-likeness (QED) is 0.885. The van der Waals surface area contributed by atoms with Gasteiger partial charge < -0.3 is 10.1 Å². The molecule has 1 amide bonds. The number of alkyl carbamates (subject to hydrolysis) is 1. The Labute approximate surface area is 129 Å². The van der Waals surface area contributed by atoms with E-state index >= 15 is 0 Å². The van der Waals surface area contributed by atoms with Crippen molar-refractivity contribution in [2.45, 2.75) is 67.0 Å². The minimum Gasteiger partial charge on any atom is -0.444 e. The van der Waals surface area contributed by atoms with E-state index in [-0.39, 0.29) is 6.09 Å². The van der Waals surface area contributed by atoms with Crippen molar-refractivity contribution < 1.29 is 9.53 Å². The van der Waals surface area contributed by atoms with Gasteiger partial charge in [0.25, 0.3) is 0 Å². The molecular weight excluding hydrogens is 262 g/mol. The van der Waals surface area contributed by atoms with Gasteiger partial charge in [0.05, 0.1) is 0 Å². The Morgan fingerprint density at radius 1 is 1.14 bits per heavy atom. The molecule has 1 rings (SSSR count). The highest BCUT2D eigenvalue weighted by Gasteiger charge is 2.16. The number of benzene rings is 1. The van der Waals surface area contributed by atoms with Crippen LogP contribution in [-0.4, -0.2) is 11.7 Å². The van der Waals surface area contributed by atoms with Crippen molar-refractivity contribution in [2.75, 3.05) is 0 Å². The number of carbonyl (C=O) groups is 1. The van der Waals surface area contributed by atoms with E-state index in [2.05, 4.69) is 45.1 Å². The van der Waals surface area contributed by atoms with Crippen LogP contribution in [0.15, 0.2) is 12.1 Å². The molecule has 0 saturated carbocycles. The number of ether oxygens (including phenoxy) is 1. The van der Waals surface area contributed by atoms with Crippen molar-refractivity contribution in [1.82, 2.24) is 5.32 Å². The second-order valence-corrected chi connectivity index (χ2v) is 7.16. The highest BCUT2D eigenvalue weighted by molar-refractivity contribution is 5.67. The Balaban J connectivity index is 2.72. The van der Waals surface area contributed by atoms with E-state index in [1.54, 1.807) is 0 Å². The maximum atomic E-state index is 11.7. The summed E-state index contributed by atoms with van der Waals surface area (Å²) in [6.45, 7) is 14.8. The Hall–Kier alpha value is -1.51. The van der Waals surface area contributed by atoms with E-state index < -0.39 is 5.60 Å². The fourth-order valence-corrected chi connectivity index (χ4v) is 2.27. The minimum atomic E-state index is -0.462. The SMILES string of the molecule is Cc1cc(CC(C)C)c(C)cc1CNC(=O)OC(C)(C)C. The fourth-order valence-electron chi connectivity index (χ4n) is 2.27. The summed E-state index contributed by atoms with van der Waals surface area (Å²) in [5, 5.41) is 2.82. The van der Waals surface area contributed by atoms with E-state index in [1.807, 2.05) is 20.8 Å². The summed E-state index contributed by atoms with van der Waals surface area (Å²) in [6, 6.07) is 4.41. The number of hydrogen-bond donors (Lipinski definition) is 1. The van der Waals surface area contributed by atoms with Crippen LogP contribution in [-0.2, 0) is 17.7 Å². The summed E-state index contributed by atoms with van der Waals surface area (Å²) < 4.78 is 5.26. The van der Waals surface area contributed by atoms with Gasteiger partial charge in [0, 0.05) is 6.54 Å². The van der Waals surface area contributed by atoms with Crippen molar-refractivity contribution in [1.29, 1.82) is 0 Å². The van der Waals surface area contributed by atoms with Gasteiger partial charge in [-0.1, -0.05) is 26.0 Å². The van der Waals surface area contributed by atoms with Crippen LogP contribution >= 0.6 is 0 Å². The number of carbonyl (C=O) groups excluding carboxylic acids is 1. The Kier molecular flexibility index (Phi) is 5.82. The molecule has 1 N–H and O–H groups in total. The van der Waals surface area contributed by atoms with E-state index in [1.165, 1.54) is 16.7 Å². The largest absolute Gasteiger partial charge is 0.444 e. The maximum absolute atomic E-state index is 11.7. The monoisotopic (exact) mass is 291 g/mol. The molecule has 3 nitrogen and oxygen atoms in total. The Morgan fingerprint density at radius 3 is 2.19 bits per heavy atom. The summed E-state index contributed by atoms with van der Waals surface area (Å²) in [7, 11) is 0. The average Bonchev–Trinajstić information content (AvgIpc) is 2.28. The predicted molar refractivity (Wildman–Crippen MR) is 87.5 cm³/mol. The lowest BCUT2D eigenvalue weighted by Crippen LogP contribution is -2.32. The molecule has 1 aromatic carbocycles. The fraction of sp³-hybridized carbons (Fsp3) is 0.611. The van der Waals surface area contributed by atoms with E-state index in [4.69, 9.17) is 4.74 Å². The molecule has 1 aromatic rings. The van der Waals surface area contributed by atoms with Gasteiger partial charge in [-0.05, 0) is 69.2 Å². The highest BCUT2D eigenvalue weighted by atomic mass is 16.6. The lowest BCUT2D eigenvalue weighted by atomic mass is 9.94. The molecule has 0 radical (unpaired) electrons. The molecule has 0 aromatic heterocycles. The van der Waals surface area contributed by atoms with Crippen LogP contribution in [0.5, 0.6) is 0 Å². The van der Waals surface area contributed by atoms with Gasteiger partial charge in [0.1, 0.15) is 5.60 Å². The van der Waals surface area contributed by atoms with Gasteiger partial charge in [0.2, 0.25) is 0 Å². The van der Waals surface area contributed by atoms with Crippen molar-refractivity contribution in [3.63, 3.8) is 0 Å². The van der Waals surface area contributed by atoms with E-state index in [9.17, 15) is 4.79 Å². The molecule has 0 bridgehead atoms. The molecule has 0 spiro atoms. The van der Waals surface area contributed by atoms with Crippen LogP contribution < -0.4 is 5.32 Å². The summed E-state index contributed by atoms with van der Waals surface area (Å²) in [6.07, 6.45) is 0.720. The van der Waals surface area contributed by atoms with Gasteiger partial charge >= 0.3 is 6.09 Å². The molecule has 0 aliphatic carbocycles. The predicted octanol–water partition coefficient (Wildman–Crippen LogP) is 4.53. The number of nitrogens with one attached hydrogen (secondary N) is 1. The molecule has 3 heteroatoms. The normalized spacial score (nSPS) is 11.6. The van der Waals surface area contributed by atoms with Crippen LogP contribution in [0, 0.1) is 19.8 Å². The van der Waals surface area contributed by atoms with Crippen LogP contribution in [0.2, 0.25) is 0 Å². The zero-order valence-corrected chi connectivity index (χ0v) is 14.5. The summed E-state index contributed by atoms with van der Waals surface area (Å²) in [5.74, 6) is 0.647. The summed E-state index contributed by atoms with van der Waals surface area (Å²) in [4.78, 5) is 11.7. The lowest BCUT2D eigenvalue weighted by Gasteiger charge is -2.20. The van der Waals surface area contributed by atoms with Crippen LogP contribution in [0.3, 0.4) is 0 Å². The van der Waals surface area contributed by atoms with Gasteiger partial charge in [0.15, 0.2) is 0 Å². The third-order valence-corrected chi connectivity index (χ3v) is 3.24. The van der Waals surface area contributed by atoms with Crippen molar-refractivity contribution in [3.8, 4) is 0 Å². The standard InChI is InChI=1S/C18H29NO2/c1-12(2)8-15-9-14(4)16(10-13(15)3)11-19-17(20)21-18(5,6)7/h9-10,12H,8,11H2,1-7H3,(H,19,20). The van der Waals surface area contributed by atoms with Gasteiger partial charge in [-0.25, -0.2) is 4.79 Å². The topological polar surface area (TPSA) is 38.3 Å². The molecule has 0 unspecified atom stereocenters. The molecular formula is C18H29NO2. The van der Waals surface area contributed by atoms with Crippen molar-refractivity contribution in [3.05, 3.63) is 34.4 Å². The molecule has 0 aliphatic heterocycles. The van der Waals surface area contributed by atoms with Gasteiger partial charge in [-0.15, -0.1) is 0 Å². The van der Waals surface area contributed by atoms with Gasteiger partial charge in [-0.2, -0.15) is 0 Å². The van der Waals surface area contributed by atoms with Crippen molar-refractivity contribution in [2.24, 2.45) is 5.92 Å². The van der Waals surface area contributed by atoms with E-state index in [0.29, 0.717) is 12.5 Å². The van der Waals surface area contributed by atoms with Crippen LogP contribution in [0.4, 0.5) is 4.79 Å². The highest BCUT2D eigenvalue weighted by Crippen LogP contribution is 2.19. The first-order chi connectivity index (χ1) is 9.58. The molecule has 0 heterocycles. The lowest BCUT2D eigenvalue weighted by molar-refractivity contribution is 0.0523. The molecule has 0 atom stereocenters. The average molecular weight is 291 g/mol. The molecule has 0 saturated heterocycles. The first-order valence-electron chi connectivity index (χ1n) is 7.64. The van der Waals surface area contributed by atoms with Crippen LogP contribution in [0.25, 0.3) is 0 Å². The Morgan fingerprint density at radius 2 is 1.67 bits per heavy atom. The van der Waals surface area contributed by atoms with Gasteiger partial charge in [-0.3, -0.25) is 0 Å². The third-order valence-electron chi connectivity index (χ3n) is 3.24. The Bertz CT molecular complexity index is 499. The second kappa shape index (κ2) is 6.97. The smallest absolute Gasteiger partial charge is 0.407 e. The van der Waals surface area contributed by atoms with Crippen molar-refractivity contribution >= 4 is 6.09 Å². The zero-order chi connectivity index (χ0) is 16.2. The number of hydrogen-bond acceptors (Lipinski definition) is 2. The van der Waals surface area contributed by atoms with Crippen LogP contribution in [0.1, 0.15) is 56.9 Å². The first-order valence-corrected chi connectivity index (χ1v) is 7.64. The van der Waals surface area contributed by atoms with E-state index in [0.717, 1.165) is 12.0 Å². The minimum absolute atomic E-state index is 0.370. The number of rotatable bonds is 4. The molecule has 0 fully saturated rings. The molecule has 21 heavy (non-hydrogen) atoms. The third kappa shape index (κ3) is 6.19. The summed E-state index contributed by atoms with van der Waals surface area (Å²) in [5.41, 5.74) is 4.58. The molecule has 118 valence electrons. The summed E-state index contributed by atoms with van der Waals surface area (Å²) >= 11 is 0. The maximum Gasteiger partial charge on any atom is 0.407 e. The molecule has 0 aliphatic rings. The number of amides is 1. The number of aryl methyl sites for hydroxylation is 2.